The third-order valence-electron chi connectivity index (χ3n) is 1.16. The molecule has 0 heterocycles. The highest BCUT2D eigenvalue weighted by Crippen LogP contribution is 2.09. The van der Waals surface area contributed by atoms with Gasteiger partial charge in [0.05, 0.1) is 5.60 Å². The van der Waals surface area contributed by atoms with Gasteiger partial charge in [0, 0.05) is 0 Å². The van der Waals surface area contributed by atoms with Crippen LogP contribution in [0.25, 0.3) is 0 Å². The molecule has 0 saturated carbocycles. The smallest absolute Gasteiger partial charge is 0.0594 e. The number of hydrogen-bond acceptors (Lipinski definition) is 1. The predicted octanol–water partition coefficient (Wildman–Crippen LogP) is 2.11. The normalized spacial score (nSPS) is 12.9. The fourth-order valence-electron chi connectivity index (χ4n) is 0.603. The number of hydrogen-bond donors (Lipinski definition) is 1. The Morgan fingerprint density at radius 2 is 2.00 bits per heavy atom. The molecule has 0 aliphatic rings. The molecule has 1 nitrogen and oxygen atoms in total. The molecule has 0 amide bonds. The zero-order chi connectivity index (χ0) is 7.33. The van der Waals surface area contributed by atoms with Gasteiger partial charge in [0.15, 0.2) is 0 Å². The van der Waals surface area contributed by atoms with Crippen molar-refractivity contribution in [3.8, 4) is 0 Å². The summed E-state index contributed by atoms with van der Waals surface area (Å²) in [4.78, 5) is 0. The summed E-state index contributed by atoms with van der Waals surface area (Å²) >= 11 is 0. The first-order valence-electron chi connectivity index (χ1n) is 3.40. The highest BCUT2D eigenvalue weighted by Gasteiger charge is 2.09. The van der Waals surface area contributed by atoms with Crippen molar-refractivity contribution in [1.29, 1.82) is 0 Å². The second-order valence-corrected chi connectivity index (χ2v) is 2.92. The van der Waals surface area contributed by atoms with E-state index >= 15 is 0 Å². The van der Waals surface area contributed by atoms with Crippen LogP contribution in [-0.2, 0) is 0 Å². The molecule has 0 bridgehead atoms. The van der Waals surface area contributed by atoms with Gasteiger partial charge in [-0.3, -0.25) is 0 Å². The molecule has 0 atom stereocenters. The van der Waals surface area contributed by atoms with Gasteiger partial charge >= 0.3 is 0 Å². The predicted molar refractivity (Wildman–Crippen MR) is 40.3 cm³/mol. The van der Waals surface area contributed by atoms with Gasteiger partial charge in [-0.05, 0) is 33.6 Å². The van der Waals surface area contributed by atoms with Crippen LogP contribution < -0.4 is 0 Å². The highest BCUT2D eigenvalue weighted by molar-refractivity contribution is 4.79. The van der Waals surface area contributed by atoms with Crippen molar-refractivity contribution in [3.63, 3.8) is 0 Å². The Labute approximate surface area is 57.4 Å². The maximum atomic E-state index is 9.21. The molecule has 0 fully saturated rings. The molecule has 0 aliphatic carbocycles. The quantitative estimate of drug-likeness (QED) is 0.577. The SMILES string of the molecule is C/C=C\CCC(C)(C)O. The molecule has 0 aliphatic heterocycles. The summed E-state index contributed by atoms with van der Waals surface area (Å²) in [6, 6.07) is 0. The first-order valence-corrected chi connectivity index (χ1v) is 3.40. The lowest BCUT2D eigenvalue weighted by molar-refractivity contribution is 0.0721. The van der Waals surface area contributed by atoms with Gasteiger partial charge in [0.25, 0.3) is 0 Å². The zero-order valence-electron chi connectivity index (χ0n) is 6.52. The van der Waals surface area contributed by atoms with Gasteiger partial charge in [0.2, 0.25) is 0 Å². The van der Waals surface area contributed by atoms with Crippen molar-refractivity contribution in [3.05, 3.63) is 12.2 Å². The van der Waals surface area contributed by atoms with Crippen LogP contribution in [0.5, 0.6) is 0 Å². The van der Waals surface area contributed by atoms with Gasteiger partial charge in [-0.2, -0.15) is 0 Å². The summed E-state index contributed by atoms with van der Waals surface area (Å²) in [5.41, 5.74) is -0.500. The Kier molecular flexibility index (Phi) is 3.55. The molecule has 0 aromatic heterocycles. The maximum Gasteiger partial charge on any atom is 0.0594 e. The van der Waals surface area contributed by atoms with Gasteiger partial charge in [0.1, 0.15) is 0 Å². The van der Waals surface area contributed by atoms with Crippen LogP contribution in [0, 0.1) is 0 Å². The molecule has 0 saturated heterocycles. The Balaban J connectivity index is 3.28. The molecule has 9 heavy (non-hydrogen) atoms. The minimum Gasteiger partial charge on any atom is -0.390 e. The fourth-order valence-corrected chi connectivity index (χ4v) is 0.603. The summed E-state index contributed by atoms with van der Waals surface area (Å²) in [6.45, 7) is 5.65. The monoisotopic (exact) mass is 128 g/mol. The van der Waals surface area contributed by atoms with Crippen molar-refractivity contribution in [2.45, 2.75) is 39.2 Å². The van der Waals surface area contributed by atoms with E-state index in [-0.39, 0.29) is 0 Å². The van der Waals surface area contributed by atoms with Gasteiger partial charge < -0.3 is 5.11 Å². The third kappa shape index (κ3) is 7.70. The topological polar surface area (TPSA) is 20.2 Å². The van der Waals surface area contributed by atoms with E-state index in [1.165, 1.54) is 0 Å². The average Bonchev–Trinajstić information content (AvgIpc) is 1.63. The lowest BCUT2D eigenvalue weighted by atomic mass is 10.0. The van der Waals surface area contributed by atoms with E-state index < -0.39 is 5.60 Å². The molecule has 1 N–H and O–H groups in total. The first kappa shape index (κ1) is 8.70. The van der Waals surface area contributed by atoms with E-state index in [4.69, 9.17) is 0 Å². The largest absolute Gasteiger partial charge is 0.390 e. The summed E-state index contributed by atoms with van der Waals surface area (Å²) in [6.07, 6.45) is 5.89. The van der Waals surface area contributed by atoms with Crippen LogP contribution >= 0.6 is 0 Å². The number of aliphatic hydroxyl groups is 1. The fraction of sp³-hybridized carbons (Fsp3) is 0.750. The van der Waals surface area contributed by atoms with E-state index in [1.54, 1.807) is 0 Å². The maximum absolute atomic E-state index is 9.21. The van der Waals surface area contributed by atoms with Crippen LogP contribution in [0.3, 0.4) is 0 Å². The van der Waals surface area contributed by atoms with Crippen molar-refractivity contribution in [2.75, 3.05) is 0 Å². The lowest BCUT2D eigenvalue weighted by Gasteiger charge is -2.14. The molecule has 0 unspecified atom stereocenters. The van der Waals surface area contributed by atoms with E-state index in [9.17, 15) is 5.11 Å². The Hall–Kier alpha value is -0.300. The highest BCUT2D eigenvalue weighted by atomic mass is 16.3. The zero-order valence-corrected chi connectivity index (χ0v) is 6.52. The number of rotatable bonds is 3. The molecule has 54 valence electrons. The summed E-state index contributed by atoms with van der Waals surface area (Å²) in [7, 11) is 0. The summed E-state index contributed by atoms with van der Waals surface area (Å²) in [5.74, 6) is 0. The lowest BCUT2D eigenvalue weighted by Crippen LogP contribution is -2.17. The molecular formula is C8H16O. The van der Waals surface area contributed by atoms with Gasteiger partial charge in [-0.1, -0.05) is 12.2 Å². The van der Waals surface area contributed by atoms with E-state index in [0.717, 1.165) is 12.8 Å². The molecule has 0 spiro atoms. The van der Waals surface area contributed by atoms with Crippen molar-refractivity contribution in [2.24, 2.45) is 0 Å². The van der Waals surface area contributed by atoms with Crippen molar-refractivity contribution < 1.29 is 5.11 Å². The van der Waals surface area contributed by atoms with E-state index in [2.05, 4.69) is 6.08 Å². The van der Waals surface area contributed by atoms with Crippen molar-refractivity contribution in [1.82, 2.24) is 0 Å². The van der Waals surface area contributed by atoms with Gasteiger partial charge in [-0.15, -0.1) is 0 Å². The molecule has 0 aromatic rings. The minimum atomic E-state index is -0.500. The molecule has 0 aromatic carbocycles. The minimum absolute atomic E-state index is 0.500. The Bertz CT molecular complexity index is 87.2. The average molecular weight is 128 g/mol. The third-order valence-corrected chi connectivity index (χ3v) is 1.16. The number of allylic oxidation sites excluding steroid dienone is 2. The molecule has 1 heteroatoms. The van der Waals surface area contributed by atoms with Crippen LogP contribution in [0.4, 0.5) is 0 Å². The molecule has 0 rings (SSSR count). The molecule has 0 radical (unpaired) electrons. The van der Waals surface area contributed by atoms with Crippen LogP contribution in [0.15, 0.2) is 12.2 Å². The Morgan fingerprint density at radius 1 is 1.44 bits per heavy atom. The van der Waals surface area contributed by atoms with E-state index in [0.29, 0.717) is 0 Å². The summed E-state index contributed by atoms with van der Waals surface area (Å²) < 4.78 is 0. The second-order valence-electron chi connectivity index (χ2n) is 2.92. The van der Waals surface area contributed by atoms with Crippen LogP contribution in [0.1, 0.15) is 33.6 Å². The second kappa shape index (κ2) is 3.67. The van der Waals surface area contributed by atoms with Crippen molar-refractivity contribution >= 4 is 0 Å². The van der Waals surface area contributed by atoms with Gasteiger partial charge in [-0.25, -0.2) is 0 Å². The van der Waals surface area contributed by atoms with Crippen LogP contribution in [0.2, 0.25) is 0 Å². The Morgan fingerprint density at radius 3 is 2.33 bits per heavy atom. The van der Waals surface area contributed by atoms with E-state index in [1.807, 2.05) is 26.8 Å². The first-order chi connectivity index (χ1) is 4.06. The van der Waals surface area contributed by atoms with Crippen LogP contribution in [-0.4, -0.2) is 10.7 Å². The summed E-state index contributed by atoms with van der Waals surface area (Å²) in [5, 5.41) is 9.21. The standard InChI is InChI=1S/C8H16O/c1-4-5-6-7-8(2,3)9/h4-5,9H,6-7H2,1-3H3/b5-4-. The molecular weight excluding hydrogens is 112 g/mol.